The van der Waals surface area contributed by atoms with Gasteiger partial charge in [0, 0.05) is 16.6 Å². The first-order valence-corrected chi connectivity index (χ1v) is 10.8. The summed E-state index contributed by atoms with van der Waals surface area (Å²) in [4.78, 5) is 33.0. The molecule has 1 atom stereocenters. The number of carbonyl (C=O) groups is 2. The van der Waals surface area contributed by atoms with Crippen LogP contribution in [-0.4, -0.2) is 46.5 Å². The van der Waals surface area contributed by atoms with Gasteiger partial charge in [-0.25, -0.2) is 4.39 Å². The van der Waals surface area contributed by atoms with E-state index in [1.54, 1.807) is 30.3 Å². The number of hydrogen-bond acceptors (Lipinski definition) is 6. The van der Waals surface area contributed by atoms with Crippen LogP contribution in [-0.2, 0) is 4.79 Å². The van der Waals surface area contributed by atoms with Gasteiger partial charge in [0.15, 0.2) is 0 Å². The van der Waals surface area contributed by atoms with E-state index in [9.17, 15) is 14.0 Å². The molecule has 5 rings (SSSR count). The molecule has 3 heterocycles. The van der Waals surface area contributed by atoms with Crippen LogP contribution in [0.25, 0.3) is 11.4 Å². The van der Waals surface area contributed by atoms with Gasteiger partial charge in [-0.3, -0.25) is 19.4 Å². The van der Waals surface area contributed by atoms with Crippen LogP contribution in [0.3, 0.4) is 0 Å². The molecule has 9 heteroatoms. The molecule has 0 radical (unpaired) electrons. The van der Waals surface area contributed by atoms with Crippen LogP contribution in [0.1, 0.15) is 35.0 Å². The summed E-state index contributed by atoms with van der Waals surface area (Å²) in [5.41, 5.74) is 1.61. The maximum atomic E-state index is 13.5. The summed E-state index contributed by atoms with van der Waals surface area (Å²) in [6.07, 6.45) is 1.76. The first-order valence-electron chi connectivity index (χ1n) is 9.97. The lowest BCUT2D eigenvalue weighted by molar-refractivity contribution is -0.114. The number of Topliss-reactive ketones (excluding diaryl/α,β-unsaturated/α-hetero) is 1. The van der Waals surface area contributed by atoms with Gasteiger partial charge in [-0.1, -0.05) is 33.2 Å². The average molecular weight is 485 g/mol. The normalized spacial score (nSPS) is 19.2. The average Bonchev–Trinajstić information content (AvgIpc) is 3.34. The third kappa shape index (κ3) is 3.79. The number of piperidine rings is 1. The number of anilines is 1. The zero-order valence-electron chi connectivity index (χ0n) is 16.4. The maximum Gasteiger partial charge on any atom is 0.300 e. The first kappa shape index (κ1) is 20.0. The lowest BCUT2D eigenvalue weighted by Crippen LogP contribution is -2.44. The molecule has 1 unspecified atom stereocenters. The lowest BCUT2D eigenvalue weighted by Gasteiger charge is -2.33. The molecule has 0 aliphatic carbocycles. The Morgan fingerprint density at radius 1 is 1.19 bits per heavy atom. The molecular weight excluding hydrogens is 467 g/mol. The van der Waals surface area contributed by atoms with Crippen LogP contribution in [0.2, 0.25) is 0 Å². The Kier molecular flexibility index (Phi) is 5.15. The first-order chi connectivity index (χ1) is 15.0. The van der Waals surface area contributed by atoms with Crippen LogP contribution in [0.5, 0.6) is 0 Å². The number of hydrogen-bond donors (Lipinski definition) is 0. The van der Waals surface area contributed by atoms with Crippen molar-refractivity contribution in [3.8, 4) is 11.4 Å². The summed E-state index contributed by atoms with van der Waals surface area (Å²) in [5.74, 6) is -0.501. The summed E-state index contributed by atoms with van der Waals surface area (Å²) in [6, 6.07) is 11.3. The Labute approximate surface area is 186 Å². The van der Waals surface area contributed by atoms with Crippen molar-refractivity contribution in [2.24, 2.45) is 0 Å². The van der Waals surface area contributed by atoms with Crippen molar-refractivity contribution in [3.63, 3.8) is 0 Å². The number of benzene rings is 2. The van der Waals surface area contributed by atoms with E-state index in [2.05, 4.69) is 31.0 Å². The van der Waals surface area contributed by atoms with Crippen molar-refractivity contribution >= 4 is 33.3 Å². The summed E-state index contributed by atoms with van der Waals surface area (Å²) >= 11 is 3.41. The number of fused-ring (bicyclic) bond motifs is 1. The zero-order chi connectivity index (χ0) is 21.5. The van der Waals surface area contributed by atoms with Crippen molar-refractivity contribution < 1.29 is 18.5 Å². The third-order valence-corrected chi connectivity index (χ3v) is 6.15. The van der Waals surface area contributed by atoms with Gasteiger partial charge in [-0.05, 0) is 49.7 Å². The minimum atomic E-state index is -0.513. The topological polar surface area (TPSA) is 79.5 Å². The highest BCUT2D eigenvalue weighted by atomic mass is 79.9. The van der Waals surface area contributed by atoms with Crippen LogP contribution in [0, 0.1) is 5.82 Å². The second kappa shape index (κ2) is 7.97. The Morgan fingerprint density at radius 3 is 2.90 bits per heavy atom. The van der Waals surface area contributed by atoms with E-state index in [1.165, 1.54) is 17.0 Å². The highest BCUT2D eigenvalue weighted by Crippen LogP contribution is 2.33. The van der Waals surface area contributed by atoms with Crippen LogP contribution in [0.4, 0.5) is 10.1 Å². The molecule has 1 saturated heterocycles. The van der Waals surface area contributed by atoms with Gasteiger partial charge in [-0.2, -0.15) is 4.98 Å². The fourth-order valence-corrected chi connectivity index (χ4v) is 4.49. The van der Waals surface area contributed by atoms with Gasteiger partial charge >= 0.3 is 5.91 Å². The van der Waals surface area contributed by atoms with Crippen molar-refractivity contribution in [2.75, 3.05) is 24.7 Å². The van der Waals surface area contributed by atoms with Gasteiger partial charge in [-0.15, -0.1) is 0 Å². The van der Waals surface area contributed by atoms with Gasteiger partial charge in [0.2, 0.25) is 11.7 Å². The summed E-state index contributed by atoms with van der Waals surface area (Å²) < 4.78 is 19.8. The van der Waals surface area contributed by atoms with E-state index in [0.717, 1.165) is 23.9 Å². The molecule has 1 fully saturated rings. The van der Waals surface area contributed by atoms with Crippen molar-refractivity contribution in [1.29, 1.82) is 0 Å². The van der Waals surface area contributed by atoms with Crippen molar-refractivity contribution in [2.45, 2.75) is 18.8 Å². The predicted molar refractivity (Wildman–Crippen MR) is 114 cm³/mol. The van der Waals surface area contributed by atoms with E-state index < -0.39 is 11.7 Å². The van der Waals surface area contributed by atoms with Crippen LogP contribution in [0.15, 0.2) is 51.5 Å². The Balaban J connectivity index is 1.32. The van der Waals surface area contributed by atoms with Crippen molar-refractivity contribution in [3.05, 3.63) is 64.2 Å². The Morgan fingerprint density at radius 2 is 2.06 bits per heavy atom. The van der Waals surface area contributed by atoms with Gasteiger partial charge in [0.05, 0.1) is 23.8 Å². The van der Waals surface area contributed by atoms with E-state index in [1.807, 2.05) is 0 Å². The van der Waals surface area contributed by atoms with E-state index in [4.69, 9.17) is 4.52 Å². The summed E-state index contributed by atoms with van der Waals surface area (Å²) in [5, 5.41) is 4.01. The van der Waals surface area contributed by atoms with Crippen LogP contribution >= 0.6 is 15.9 Å². The molecule has 0 N–H and O–H groups in total. The minimum absolute atomic E-state index is 0.000976. The van der Waals surface area contributed by atoms with Gasteiger partial charge in [0.1, 0.15) is 5.82 Å². The summed E-state index contributed by atoms with van der Waals surface area (Å²) in [7, 11) is 0. The number of carbonyl (C=O) groups excluding carboxylic acids is 2. The Bertz CT molecular complexity index is 1180. The second-order valence-electron chi connectivity index (χ2n) is 7.75. The summed E-state index contributed by atoms with van der Waals surface area (Å²) in [6.45, 7) is 1.73. The van der Waals surface area contributed by atoms with E-state index in [-0.39, 0.29) is 11.7 Å². The fraction of sp³-hybridized carbons (Fsp3) is 0.273. The molecule has 2 aliphatic heterocycles. The number of amides is 1. The van der Waals surface area contributed by atoms with Gasteiger partial charge in [0.25, 0.3) is 5.78 Å². The molecule has 2 aromatic carbocycles. The molecule has 1 amide bonds. The molecule has 31 heavy (non-hydrogen) atoms. The number of rotatable bonds is 4. The highest BCUT2D eigenvalue weighted by molar-refractivity contribution is 9.10. The van der Waals surface area contributed by atoms with E-state index >= 15 is 0 Å². The fourth-order valence-electron chi connectivity index (χ4n) is 4.14. The molecule has 3 aromatic rings. The third-order valence-electron chi connectivity index (χ3n) is 5.66. The molecule has 2 aliphatic rings. The Hall–Kier alpha value is -2.91. The van der Waals surface area contributed by atoms with Gasteiger partial charge < -0.3 is 4.52 Å². The standard InChI is InChI=1S/C22H18BrFN4O3/c23-15-6-7-17-18(10-15)28(22(30)19(17)29)12-27-8-2-4-14(11-27)21-25-20(26-31-21)13-3-1-5-16(24)9-13/h1,3,5-7,9-10,14H,2,4,8,11-12H2. The molecule has 0 saturated carbocycles. The molecule has 7 nitrogen and oxygen atoms in total. The maximum absolute atomic E-state index is 13.5. The van der Waals surface area contributed by atoms with Crippen molar-refractivity contribution in [1.82, 2.24) is 15.0 Å². The zero-order valence-corrected chi connectivity index (χ0v) is 18.0. The molecular formula is C22H18BrFN4O3. The highest BCUT2D eigenvalue weighted by Gasteiger charge is 2.37. The number of aromatic nitrogens is 2. The number of ketones is 1. The number of halogens is 2. The quantitative estimate of drug-likeness (QED) is 0.520. The number of likely N-dealkylation sites (tertiary alicyclic amines) is 1. The molecule has 0 spiro atoms. The SMILES string of the molecule is O=C1C(=O)N(CN2CCCC(c3nc(-c4cccc(F)c4)no3)C2)c2cc(Br)ccc21. The number of nitrogens with zero attached hydrogens (tertiary/aromatic N) is 4. The monoisotopic (exact) mass is 484 g/mol. The molecule has 0 bridgehead atoms. The molecule has 158 valence electrons. The smallest absolute Gasteiger partial charge is 0.300 e. The minimum Gasteiger partial charge on any atom is -0.339 e. The predicted octanol–water partition coefficient (Wildman–Crippen LogP) is 4.00. The van der Waals surface area contributed by atoms with Crippen LogP contribution < -0.4 is 4.90 Å². The largest absolute Gasteiger partial charge is 0.339 e. The lowest BCUT2D eigenvalue weighted by atomic mass is 9.98. The second-order valence-corrected chi connectivity index (χ2v) is 8.66. The van der Waals surface area contributed by atoms with E-state index in [0.29, 0.717) is 41.7 Å². The molecule has 1 aromatic heterocycles.